The van der Waals surface area contributed by atoms with Crippen LogP contribution < -0.4 is 9.47 Å². The molecular formula is C13H14N2O2S. The van der Waals surface area contributed by atoms with E-state index in [1.54, 1.807) is 20.4 Å². The summed E-state index contributed by atoms with van der Waals surface area (Å²) < 4.78 is 11.0. The Morgan fingerprint density at radius 1 is 1.22 bits per heavy atom. The van der Waals surface area contributed by atoms with E-state index in [0.717, 1.165) is 28.3 Å². The molecule has 0 saturated carbocycles. The normalized spacial score (nSPS) is 10.2. The Bertz CT molecular complexity index is 623. The molecule has 1 N–H and O–H groups in total. The fourth-order valence-corrected chi connectivity index (χ4v) is 1.90. The molecule has 2 aromatic rings. The first-order chi connectivity index (χ1) is 8.65. The Morgan fingerprint density at radius 2 is 2.00 bits per heavy atom. The maximum absolute atomic E-state index is 5.36. The van der Waals surface area contributed by atoms with Gasteiger partial charge in [0, 0.05) is 11.8 Å². The van der Waals surface area contributed by atoms with Gasteiger partial charge in [0.1, 0.15) is 11.5 Å². The first-order valence-corrected chi connectivity index (χ1v) is 5.85. The maximum Gasteiger partial charge on any atom is 0.197 e. The van der Waals surface area contributed by atoms with Crippen LogP contribution in [0.5, 0.6) is 11.5 Å². The van der Waals surface area contributed by atoms with E-state index in [4.69, 9.17) is 21.7 Å². The van der Waals surface area contributed by atoms with Crippen LogP contribution in [0.1, 0.15) is 5.56 Å². The summed E-state index contributed by atoms with van der Waals surface area (Å²) in [6, 6.07) is 5.63. The van der Waals surface area contributed by atoms with Crippen LogP contribution in [0.4, 0.5) is 0 Å². The molecule has 94 valence electrons. The van der Waals surface area contributed by atoms with Crippen molar-refractivity contribution in [2.75, 3.05) is 14.2 Å². The van der Waals surface area contributed by atoms with E-state index >= 15 is 0 Å². The highest BCUT2D eigenvalue weighted by molar-refractivity contribution is 7.71. The molecule has 0 bridgehead atoms. The Balaban J connectivity index is 2.68. The lowest BCUT2D eigenvalue weighted by atomic mass is 10.1. The standard InChI is InChI=1S/C13H14N2O2S/c1-8-7-14-13(18)15-12(8)10-6-9(16-2)4-5-11(10)17-3/h4-7H,1-3H3,(H,14,15,18). The summed E-state index contributed by atoms with van der Waals surface area (Å²) in [7, 11) is 3.27. The van der Waals surface area contributed by atoms with E-state index in [9.17, 15) is 0 Å². The van der Waals surface area contributed by atoms with Crippen LogP contribution in [0.2, 0.25) is 0 Å². The van der Waals surface area contributed by atoms with E-state index in [0.29, 0.717) is 4.77 Å². The summed E-state index contributed by atoms with van der Waals surface area (Å²) in [5.41, 5.74) is 2.80. The van der Waals surface area contributed by atoms with Crippen LogP contribution in [0.25, 0.3) is 11.3 Å². The molecule has 0 amide bonds. The molecular weight excluding hydrogens is 248 g/mol. The Labute approximate surface area is 111 Å². The number of rotatable bonds is 3. The minimum atomic E-state index is 0.445. The van der Waals surface area contributed by atoms with Crippen molar-refractivity contribution in [1.29, 1.82) is 0 Å². The number of hydrogen-bond acceptors (Lipinski definition) is 4. The van der Waals surface area contributed by atoms with E-state index in [1.165, 1.54) is 0 Å². The number of hydrogen-bond donors (Lipinski definition) is 1. The average Bonchev–Trinajstić information content (AvgIpc) is 2.40. The molecule has 0 saturated heterocycles. The molecule has 1 aromatic heterocycles. The summed E-state index contributed by atoms with van der Waals surface area (Å²) in [5.74, 6) is 1.53. The van der Waals surface area contributed by atoms with Gasteiger partial charge in [-0.25, -0.2) is 4.98 Å². The number of H-pyrrole nitrogens is 1. The number of benzene rings is 1. The molecule has 0 unspecified atom stereocenters. The van der Waals surface area contributed by atoms with Gasteiger partial charge in [-0.1, -0.05) is 0 Å². The van der Waals surface area contributed by atoms with Crippen molar-refractivity contribution in [2.45, 2.75) is 6.92 Å². The predicted molar refractivity (Wildman–Crippen MR) is 72.7 cm³/mol. The Hall–Kier alpha value is -1.88. The molecule has 0 radical (unpaired) electrons. The monoisotopic (exact) mass is 262 g/mol. The van der Waals surface area contributed by atoms with Crippen LogP contribution in [-0.4, -0.2) is 24.2 Å². The second-order valence-corrected chi connectivity index (χ2v) is 4.20. The zero-order valence-electron chi connectivity index (χ0n) is 10.5. The van der Waals surface area contributed by atoms with Crippen LogP contribution >= 0.6 is 12.2 Å². The summed E-state index contributed by atoms with van der Waals surface area (Å²) >= 11 is 5.06. The molecule has 5 heteroatoms. The SMILES string of the molecule is COc1ccc(OC)c(-c2[nH]c(=S)ncc2C)c1. The third-order valence-corrected chi connectivity index (χ3v) is 2.89. The molecule has 0 aliphatic carbocycles. The lowest BCUT2D eigenvalue weighted by molar-refractivity contribution is 0.404. The number of ether oxygens (including phenoxy) is 2. The summed E-state index contributed by atoms with van der Waals surface area (Å²) in [6.45, 7) is 1.96. The van der Waals surface area contributed by atoms with E-state index in [-0.39, 0.29) is 0 Å². The van der Waals surface area contributed by atoms with E-state index in [2.05, 4.69) is 9.97 Å². The molecule has 0 fully saturated rings. The van der Waals surface area contributed by atoms with Gasteiger partial charge in [0.05, 0.1) is 19.9 Å². The Morgan fingerprint density at radius 3 is 2.67 bits per heavy atom. The summed E-state index contributed by atoms with van der Waals surface area (Å²) in [6.07, 6.45) is 1.74. The third-order valence-electron chi connectivity index (χ3n) is 2.68. The molecule has 0 spiro atoms. The fraction of sp³-hybridized carbons (Fsp3) is 0.231. The number of aromatic nitrogens is 2. The van der Waals surface area contributed by atoms with Gasteiger partial charge in [-0.3, -0.25) is 0 Å². The summed E-state index contributed by atoms with van der Waals surface area (Å²) in [4.78, 5) is 7.14. The van der Waals surface area contributed by atoms with Gasteiger partial charge in [0.15, 0.2) is 4.77 Å². The van der Waals surface area contributed by atoms with Crippen LogP contribution in [0.3, 0.4) is 0 Å². The van der Waals surface area contributed by atoms with Gasteiger partial charge in [0.2, 0.25) is 0 Å². The van der Waals surface area contributed by atoms with Gasteiger partial charge in [0.25, 0.3) is 0 Å². The van der Waals surface area contributed by atoms with Gasteiger partial charge >= 0.3 is 0 Å². The molecule has 4 nitrogen and oxygen atoms in total. The van der Waals surface area contributed by atoms with E-state index in [1.807, 2.05) is 25.1 Å². The van der Waals surface area contributed by atoms with Crippen LogP contribution in [-0.2, 0) is 0 Å². The molecule has 0 aliphatic rings. The largest absolute Gasteiger partial charge is 0.497 e. The van der Waals surface area contributed by atoms with Crippen molar-refractivity contribution in [3.05, 3.63) is 34.7 Å². The van der Waals surface area contributed by atoms with Crippen molar-refractivity contribution in [2.24, 2.45) is 0 Å². The molecule has 1 aromatic carbocycles. The maximum atomic E-state index is 5.36. The summed E-state index contributed by atoms with van der Waals surface area (Å²) in [5, 5.41) is 0. The van der Waals surface area contributed by atoms with E-state index < -0.39 is 0 Å². The quantitative estimate of drug-likeness (QED) is 0.863. The first-order valence-electron chi connectivity index (χ1n) is 5.44. The topological polar surface area (TPSA) is 47.1 Å². The zero-order chi connectivity index (χ0) is 13.1. The molecule has 0 aliphatic heterocycles. The third kappa shape index (κ3) is 2.36. The zero-order valence-corrected chi connectivity index (χ0v) is 11.3. The highest BCUT2D eigenvalue weighted by Gasteiger charge is 2.10. The molecule has 18 heavy (non-hydrogen) atoms. The van der Waals surface area contributed by atoms with Crippen molar-refractivity contribution in [1.82, 2.24) is 9.97 Å². The predicted octanol–water partition coefficient (Wildman–Crippen LogP) is 3.13. The van der Waals surface area contributed by atoms with Crippen molar-refractivity contribution in [3.8, 4) is 22.8 Å². The number of aryl methyl sites for hydroxylation is 1. The highest BCUT2D eigenvalue weighted by atomic mass is 32.1. The highest BCUT2D eigenvalue weighted by Crippen LogP contribution is 2.33. The minimum absolute atomic E-state index is 0.445. The van der Waals surface area contributed by atoms with Crippen molar-refractivity contribution >= 4 is 12.2 Å². The lowest BCUT2D eigenvalue weighted by Gasteiger charge is -2.12. The molecule has 1 heterocycles. The van der Waals surface area contributed by atoms with Gasteiger partial charge < -0.3 is 14.5 Å². The smallest absolute Gasteiger partial charge is 0.197 e. The van der Waals surface area contributed by atoms with Crippen molar-refractivity contribution in [3.63, 3.8) is 0 Å². The fourth-order valence-electron chi connectivity index (χ4n) is 1.75. The average molecular weight is 262 g/mol. The number of aromatic amines is 1. The number of nitrogens with zero attached hydrogens (tertiary/aromatic N) is 1. The van der Waals surface area contributed by atoms with Crippen LogP contribution in [0.15, 0.2) is 24.4 Å². The molecule has 2 rings (SSSR count). The van der Waals surface area contributed by atoms with Gasteiger partial charge in [-0.15, -0.1) is 0 Å². The van der Waals surface area contributed by atoms with Gasteiger partial charge in [-0.05, 0) is 42.9 Å². The first kappa shape index (κ1) is 12.6. The number of methoxy groups -OCH3 is 2. The Kier molecular flexibility index (Phi) is 3.62. The van der Waals surface area contributed by atoms with Crippen molar-refractivity contribution < 1.29 is 9.47 Å². The van der Waals surface area contributed by atoms with Gasteiger partial charge in [-0.2, -0.15) is 0 Å². The second-order valence-electron chi connectivity index (χ2n) is 3.81. The second kappa shape index (κ2) is 5.18. The minimum Gasteiger partial charge on any atom is -0.497 e. The molecule has 0 atom stereocenters. The van der Waals surface area contributed by atoms with Crippen LogP contribution in [0, 0.1) is 11.7 Å². The number of nitrogens with one attached hydrogen (secondary N) is 1. The lowest BCUT2D eigenvalue weighted by Crippen LogP contribution is -1.95.